The van der Waals surface area contributed by atoms with Crippen LogP contribution in [0.1, 0.15) is 28.8 Å². The van der Waals surface area contributed by atoms with Gasteiger partial charge in [0.1, 0.15) is 0 Å². The minimum Gasteiger partial charge on any atom is -0.465 e. The van der Waals surface area contributed by atoms with Crippen molar-refractivity contribution in [2.75, 3.05) is 13.1 Å². The molecule has 1 aromatic carbocycles. The lowest BCUT2D eigenvalue weighted by Gasteiger charge is -2.38. The van der Waals surface area contributed by atoms with Crippen LogP contribution in [0.3, 0.4) is 0 Å². The Morgan fingerprint density at radius 2 is 1.94 bits per heavy atom. The number of likely N-dealkylation sites (tertiary alicyclic amines) is 1. The van der Waals surface area contributed by atoms with Crippen molar-refractivity contribution >= 4 is 12.0 Å². The van der Waals surface area contributed by atoms with Gasteiger partial charge in [0.15, 0.2) is 0 Å². The molecule has 2 aliphatic heterocycles. The Hall–Kier alpha value is -2.04. The van der Waals surface area contributed by atoms with Gasteiger partial charge in [-0.15, -0.1) is 0 Å². The molecule has 0 aliphatic carbocycles. The summed E-state index contributed by atoms with van der Waals surface area (Å²) in [6.07, 6.45) is 0.395. The Labute approximate surface area is 104 Å². The van der Waals surface area contributed by atoms with E-state index in [1.165, 1.54) is 4.90 Å². The van der Waals surface area contributed by atoms with Crippen LogP contribution in [0, 0.1) is 0 Å². The standard InChI is InChI=1S/C13H14N2O3/c16-11-9-3-1-2-4-10(9)13(14-11)5-7-15(8-6-13)12(17)18/h1-4H,5-8H2,(H,14,16)(H,17,18). The molecule has 1 saturated heterocycles. The first kappa shape index (κ1) is 11.1. The van der Waals surface area contributed by atoms with Crippen molar-refractivity contribution in [2.24, 2.45) is 0 Å². The summed E-state index contributed by atoms with van der Waals surface area (Å²) in [4.78, 5) is 24.2. The molecule has 1 aromatic rings. The van der Waals surface area contributed by atoms with Gasteiger partial charge in [-0.25, -0.2) is 4.79 Å². The fraction of sp³-hybridized carbons (Fsp3) is 0.385. The van der Waals surface area contributed by atoms with Gasteiger partial charge in [0.25, 0.3) is 5.91 Å². The van der Waals surface area contributed by atoms with Crippen LogP contribution in [0.25, 0.3) is 0 Å². The highest BCUT2D eigenvalue weighted by molar-refractivity contribution is 6.00. The second-order valence-electron chi connectivity index (χ2n) is 4.85. The molecule has 5 nitrogen and oxygen atoms in total. The van der Waals surface area contributed by atoms with Gasteiger partial charge in [-0.3, -0.25) is 4.79 Å². The number of piperidine rings is 1. The Bertz CT molecular complexity index is 519. The van der Waals surface area contributed by atoms with Crippen molar-refractivity contribution in [1.82, 2.24) is 10.2 Å². The number of nitrogens with zero attached hydrogens (tertiary/aromatic N) is 1. The summed E-state index contributed by atoms with van der Waals surface area (Å²) in [5.41, 5.74) is 1.38. The molecule has 0 unspecified atom stereocenters. The number of rotatable bonds is 0. The van der Waals surface area contributed by atoms with Gasteiger partial charge in [-0.2, -0.15) is 0 Å². The number of hydrogen-bond acceptors (Lipinski definition) is 2. The molecule has 18 heavy (non-hydrogen) atoms. The zero-order valence-electron chi connectivity index (χ0n) is 9.85. The third kappa shape index (κ3) is 1.47. The molecule has 3 rings (SSSR count). The third-order valence-corrected chi connectivity index (χ3v) is 3.93. The van der Waals surface area contributed by atoms with E-state index >= 15 is 0 Å². The van der Waals surface area contributed by atoms with Crippen LogP contribution in [0.2, 0.25) is 0 Å². The summed E-state index contributed by atoms with van der Waals surface area (Å²) in [7, 11) is 0. The molecule has 0 aromatic heterocycles. The van der Waals surface area contributed by atoms with Crippen LogP contribution >= 0.6 is 0 Å². The Morgan fingerprint density at radius 1 is 1.28 bits per heavy atom. The maximum absolute atomic E-state index is 11.9. The molecule has 0 radical (unpaired) electrons. The van der Waals surface area contributed by atoms with Crippen molar-refractivity contribution in [1.29, 1.82) is 0 Å². The number of carboxylic acid groups (broad SMARTS) is 1. The Morgan fingerprint density at radius 3 is 2.61 bits per heavy atom. The number of nitrogens with one attached hydrogen (secondary N) is 1. The first-order chi connectivity index (χ1) is 8.62. The van der Waals surface area contributed by atoms with Gasteiger partial charge in [0, 0.05) is 18.7 Å². The predicted molar refractivity (Wildman–Crippen MR) is 64.4 cm³/mol. The van der Waals surface area contributed by atoms with Gasteiger partial charge in [0.05, 0.1) is 5.54 Å². The van der Waals surface area contributed by atoms with E-state index in [9.17, 15) is 9.59 Å². The van der Waals surface area contributed by atoms with Crippen LogP contribution in [0.4, 0.5) is 4.79 Å². The Balaban J connectivity index is 1.91. The lowest BCUT2D eigenvalue weighted by Crippen LogP contribution is -2.50. The summed E-state index contributed by atoms with van der Waals surface area (Å²) in [5.74, 6) is -0.0469. The molecule has 2 amide bonds. The van der Waals surface area contributed by atoms with E-state index in [1.807, 2.05) is 24.3 Å². The SMILES string of the molecule is O=C1NC2(CCN(C(=O)O)CC2)c2ccccc21. The van der Waals surface area contributed by atoms with Crippen LogP contribution < -0.4 is 5.32 Å². The topological polar surface area (TPSA) is 69.6 Å². The molecule has 1 fully saturated rings. The largest absolute Gasteiger partial charge is 0.465 e. The predicted octanol–water partition coefficient (Wildman–Crippen LogP) is 1.40. The van der Waals surface area contributed by atoms with Crippen LogP contribution in [0.15, 0.2) is 24.3 Å². The van der Waals surface area contributed by atoms with E-state index in [2.05, 4.69) is 5.32 Å². The lowest BCUT2D eigenvalue weighted by atomic mass is 9.82. The lowest BCUT2D eigenvalue weighted by molar-refractivity contribution is 0.0850. The summed E-state index contributed by atoms with van der Waals surface area (Å²) in [6.45, 7) is 0.924. The first-order valence-corrected chi connectivity index (χ1v) is 6.02. The monoisotopic (exact) mass is 246 g/mol. The molecule has 94 valence electrons. The van der Waals surface area contributed by atoms with Gasteiger partial charge in [0.2, 0.25) is 0 Å². The van der Waals surface area contributed by atoms with Crippen molar-refractivity contribution in [3.8, 4) is 0 Å². The quantitative estimate of drug-likeness (QED) is 0.727. The smallest absolute Gasteiger partial charge is 0.407 e. The third-order valence-electron chi connectivity index (χ3n) is 3.93. The highest BCUT2D eigenvalue weighted by Crippen LogP contribution is 2.39. The molecule has 0 atom stereocenters. The van der Waals surface area contributed by atoms with Crippen LogP contribution in [-0.4, -0.2) is 35.1 Å². The minimum atomic E-state index is -0.887. The molecule has 2 N–H and O–H groups in total. The number of amides is 2. The van der Waals surface area contributed by atoms with E-state index in [0.29, 0.717) is 25.9 Å². The van der Waals surface area contributed by atoms with E-state index in [0.717, 1.165) is 11.1 Å². The molecule has 2 heterocycles. The van der Waals surface area contributed by atoms with E-state index in [-0.39, 0.29) is 11.4 Å². The van der Waals surface area contributed by atoms with Crippen LogP contribution in [0.5, 0.6) is 0 Å². The summed E-state index contributed by atoms with van der Waals surface area (Å²) in [6, 6.07) is 7.56. The first-order valence-electron chi connectivity index (χ1n) is 6.02. The fourth-order valence-corrected chi connectivity index (χ4v) is 2.92. The molecule has 0 bridgehead atoms. The van der Waals surface area contributed by atoms with Crippen molar-refractivity contribution in [3.05, 3.63) is 35.4 Å². The fourth-order valence-electron chi connectivity index (χ4n) is 2.92. The van der Waals surface area contributed by atoms with Crippen molar-refractivity contribution in [3.63, 3.8) is 0 Å². The maximum Gasteiger partial charge on any atom is 0.407 e. The average molecular weight is 246 g/mol. The van der Waals surface area contributed by atoms with E-state index in [4.69, 9.17) is 5.11 Å². The second kappa shape index (κ2) is 3.73. The summed E-state index contributed by atoms with van der Waals surface area (Å²) in [5, 5.41) is 12.0. The number of carbonyl (C=O) groups excluding carboxylic acids is 1. The molecule has 1 spiro atoms. The number of fused-ring (bicyclic) bond motifs is 2. The average Bonchev–Trinajstić information content (AvgIpc) is 2.64. The van der Waals surface area contributed by atoms with Crippen LogP contribution in [-0.2, 0) is 5.54 Å². The number of benzene rings is 1. The minimum absolute atomic E-state index is 0.0469. The second-order valence-corrected chi connectivity index (χ2v) is 4.85. The normalized spacial score (nSPS) is 20.7. The zero-order chi connectivity index (χ0) is 12.8. The summed E-state index contributed by atoms with van der Waals surface area (Å²) < 4.78 is 0. The molecular weight excluding hydrogens is 232 g/mol. The number of carbonyl (C=O) groups is 2. The van der Waals surface area contributed by atoms with E-state index < -0.39 is 6.09 Å². The zero-order valence-corrected chi connectivity index (χ0v) is 9.85. The van der Waals surface area contributed by atoms with Crippen molar-refractivity contribution in [2.45, 2.75) is 18.4 Å². The summed E-state index contributed by atoms with van der Waals surface area (Å²) >= 11 is 0. The maximum atomic E-state index is 11.9. The number of hydrogen-bond donors (Lipinski definition) is 2. The highest BCUT2D eigenvalue weighted by Gasteiger charge is 2.45. The molecule has 0 saturated carbocycles. The molecule has 5 heteroatoms. The van der Waals surface area contributed by atoms with Gasteiger partial charge in [-0.05, 0) is 24.5 Å². The van der Waals surface area contributed by atoms with E-state index in [1.54, 1.807) is 0 Å². The molecule has 2 aliphatic rings. The van der Waals surface area contributed by atoms with Gasteiger partial charge >= 0.3 is 6.09 Å². The highest BCUT2D eigenvalue weighted by atomic mass is 16.4. The van der Waals surface area contributed by atoms with Crippen molar-refractivity contribution < 1.29 is 14.7 Å². The van der Waals surface area contributed by atoms with Gasteiger partial charge < -0.3 is 15.3 Å². The van der Waals surface area contributed by atoms with Gasteiger partial charge in [-0.1, -0.05) is 18.2 Å². The Kier molecular flexibility index (Phi) is 2.29. The molecular formula is C13H14N2O3.